The van der Waals surface area contributed by atoms with Crippen molar-refractivity contribution in [2.45, 2.75) is 12.8 Å². The molecule has 0 aliphatic carbocycles. The van der Waals surface area contributed by atoms with Crippen LogP contribution in [0.25, 0.3) is 0 Å². The first-order chi connectivity index (χ1) is 9.20. The van der Waals surface area contributed by atoms with E-state index in [1.165, 1.54) is 0 Å². The van der Waals surface area contributed by atoms with Crippen LogP contribution in [0.2, 0.25) is 0 Å². The van der Waals surface area contributed by atoms with E-state index in [0.717, 1.165) is 17.1 Å². The zero-order valence-electron chi connectivity index (χ0n) is 11.0. The Bertz CT molecular complexity index is 534. The molecule has 0 N–H and O–H groups in total. The van der Waals surface area contributed by atoms with Crippen LogP contribution in [0.3, 0.4) is 0 Å². The highest BCUT2D eigenvalue weighted by Gasteiger charge is 2.13. The van der Waals surface area contributed by atoms with E-state index in [1.54, 1.807) is 7.11 Å². The van der Waals surface area contributed by atoms with Gasteiger partial charge in [-0.15, -0.1) is 0 Å². The molecule has 1 unspecified atom stereocenters. The number of benzene rings is 2. The van der Waals surface area contributed by atoms with E-state index in [4.69, 9.17) is 21.7 Å². The zero-order valence-corrected chi connectivity index (χ0v) is 11.8. The Labute approximate surface area is 119 Å². The summed E-state index contributed by atoms with van der Waals surface area (Å²) in [5.41, 5.74) is 1.15. The molecule has 0 aromatic heterocycles. The largest absolute Gasteiger partial charge is 0.497 e. The lowest BCUT2D eigenvalue weighted by atomic mass is 10.0. The molecule has 1 atom stereocenters. The summed E-state index contributed by atoms with van der Waals surface area (Å²) < 4.78 is 10.8. The van der Waals surface area contributed by atoms with Gasteiger partial charge in [-0.25, -0.2) is 0 Å². The average Bonchev–Trinajstić information content (AvgIpc) is 2.48. The molecular weight excluding hydrogens is 256 g/mol. The number of hydrogen-bond acceptors (Lipinski definition) is 3. The van der Waals surface area contributed by atoms with E-state index in [9.17, 15) is 0 Å². The summed E-state index contributed by atoms with van der Waals surface area (Å²) in [4.78, 5) is 0. The number of rotatable bonds is 4. The molecule has 2 aromatic rings. The van der Waals surface area contributed by atoms with Crippen molar-refractivity contribution in [3.63, 3.8) is 0 Å². The van der Waals surface area contributed by atoms with Gasteiger partial charge < -0.3 is 9.47 Å². The zero-order chi connectivity index (χ0) is 13.7. The van der Waals surface area contributed by atoms with Crippen LogP contribution in [0.5, 0.6) is 11.5 Å². The number of thiocarbonyl (C=S) groups is 1. The van der Waals surface area contributed by atoms with Crippen LogP contribution in [0.15, 0.2) is 54.6 Å². The fraction of sp³-hybridized carbons (Fsp3) is 0.188. The summed E-state index contributed by atoms with van der Waals surface area (Å²) in [5, 5.41) is 0.566. The summed E-state index contributed by atoms with van der Waals surface area (Å²) in [6.45, 7) is 2.04. The van der Waals surface area contributed by atoms with E-state index in [-0.39, 0.29) is 5.92 Å². The summed E-state index contributed by atoms with van der Waals surface area (Å²) in [6, 6.07) is 17.5. The van der Waals surface area contributed by atoms with Crippen LogP contribution >= 0.6 is 12.2 Å². The normalized spacial score (nSPS) is 11.7. The van der Waals surface area contributed by atoms with Crippen molar-refractivity contribution in [1.82, 2.24) is 0 Å². The molecule has 0 aliphatic heterocycles. The lowest BCUT2D eigenvalue weighted by molar-refractivity contribution is 0.414. The molecule has 0 spiro atoms. The second-order valence-corrected chi connectivity index (χ2v) is 4.63. The molecule has 2 nitrogen and oxygen atoms in total. The van der Waals surface area contributed by atoms with Gasteiger partial charge in [0.25, 0.3) is 0 Å². The monoisotopic (exact) mass is 272 g/mol. The number of ether oxygens (including phenoxy) is 2. The molecule has 0 saturated heterocycles. The summed E-state index contributed by atoms with van der Waals surface area (Å²) in [5.74, 6) is 1.61. The smallest absolute Gasteiger partial charge is 0.174 e. The van der Waals surface area contributed by atoms with Crippen molar-refractivity contribution in [3.8, 4) is 11.5 Å². The average molecular weight is 272 g/mol. The molecule has 0 heterocycles. The van der Waals surface area contributed by atoms with E-state index >= 15 is 0 Å². The topological polar surface area (TPSA) is 18.5 Å². The lowest BCUT2D eigenvalue weighted by Gasteiger charge is -2.14. The molecule has 0 amide bonds. The number of hydrogen-bond donors (Lipinski definition) is 0. The second kappa shape index (κ2) is 6.34. The van der Waals surface area contributed by atoms with Crippen molar-refractivity contribution in [2.75, 3.05) is 7.11 Å². The molecule has 0 fully saturated rings. The summed E-state index contributed by atoms with van der Waals surface area (Å²) in [7, 11) is 1.64. The van der Waals surface area contributed by atoms with E-state index < -0.39 is 0 Å². The Morgan fingerprint density at radius 1 is 0.947 bits per heavy atom. The fourth-order valence-electron chi connectivity index (χ4n) is 1.73. The first kappa shape index (κ1) is 13.6. The minimum absolute atomic E-state index is 0.0818. The summed E-state index contributed by atoms with van der Waals surface area (Å²) >= 11 is 5.35. The van der Waals surface area contributed by atoms with Crippen molar-refractivity contribution in [1.29, 1.82) is 0 Å². The predicted octanol–water partition coefficient (Wildman–Crippen LogP) is 4.21. The quantitative estimate of drug-likeness (QED) is 0.777. The third-order valence-electron chi connectivity index (χ3n) is 2.93. The molecule has 98 valence electrons. The van der Waals surface area contributed by atoms with Crippen LogP contribution in [-0.4, -0.2) is 12.2 Å². The van der Waals surface area contributed by atoms with Gasteiger partial charge in [0.1, 0.15) is 11.5 Å². The van der Waals surface area contributed by atoms with E-state index in [0.29, 0.717) is 5.05 Å². The maximum atomic E-state index is 5.71. The highest BCUT2D eigenvalue weighted by atomic mass is 32.1. The first-order valence-corrected chi connectivity index (χ1v) is 6.52. The minimum Gasteiger partial charge on any atom is -0.497 e. The van der Waals surface area contributed by atoms with Crippen molar-refractivity contribution < 1.29 is 9.47 Å². The second-order valence-electron chi connectivity index (χ2n) is 4.23. The van der Waals surface area contributed by atoms with Gasteiger partial charge in [0, 0.05) is 0 Å². The Hall–Kier alpha value is -1.87. The minimum atomic E-state index is 0.0818. The van der Waals surface area contributed by atoms with Gasteiger partial charge in [-0.05, 0) is 42.0 Å². The molecule has 0 bridgehead atoms. The molecular formula is C16H16O2S. The third kappa shape index (κ3) is 3.55. The highest BCUT2D eigenvalue weighted by Crippen LogP contribution is 2.22. The summed E-state index contributed by atoms with van der Waals surface area (Å²) in [6.07, 6.45) is 0. The van der Waals surface area contributed by atoms with Crippen LogP contribution in [0.1, 0.15) is 18.4 Å². The molecule has 2 rings (SSSR count). The first-order valence-electron chi connectivity index (χ1n) is 6.11. The molecule has 3 heteroatoms. The van der Waals surface area contributed by atoms with Crippen molar-refractivity contribution in [3.05, 3.63) is 60.2 Å². The maximum Gasteiger partial charge on any atom is 0.174 e. The van der Waals surface area contributed by atoms with Gasteiger partial charge in [-0.2, -0.15) is 0 Å². The fourth-order valence-corrected chi connectivity index (χ4v) is 1.96. The van der Waals surface area contributed by atoms with E-state index in [1.807, 2.05) is 61.5 Å². The van der Waals surface area contributed by atoms with Crippen LogP contribution in [0, 0.1) is 0 Å². The van der Waals surface area contributed by atoms with Crippen molar-refractivity contribution >= 4 is 17.3 Å². The van der Waals surface area contributed by atoms with Gasteiger partial charge in [0.2, 0.25) is 0 Å². The van der Waals surface area contributed by atoms with Crippen LogP contribution in [-0.2, 0) is 0 Å². The molecule has 0 radical (unpaired) electrons. The molecule has 0 aliphatic rings. The Morgan fingerprint density at radius 3 is 2.11 bits per heavy atom. The molecule has 0 saturated carbocycles. The SMILES string of the molecule is COc1ccc(OC(=S)C(C)c2ccccc2)cc1. The highest BCUT2D eigenvalue weighted by molar-refractivity contribution is 7.80. The van der Waals surface area contributed by atoms with Gasteiger partial charge >= 0.3 is 0 Å². The van der Waals surface area contributed by atoms with Gasteiger partial charge in [0.15, 0.2) is 5.05 Å². The maximum absolute atomic E-state index is 5.71. The third-order valence-corrected chi connectivity index (χ3v) is 3.37. The standard InChI is InChI=1S/C16H16O2S/c1-12(13-6-4-3-5-7-13)16(19)18-15-10-8-14(17-2)9-11-15/h3-12H,1-2H3. The van der Waals surface area contributed by atoms with Gasteiger partial charge in [0.05, 0.1) is 13.0 Å². The van der Waals surface area contributed by atoms with Crippen LogP contribution in [0.4, 0.5) is 0 Å². The van der Waals surface area contributed by atoms with Crippen LogP contribution < -0.4 is 9.47 Å². The Balaban J connectivity index is 2.04. The number of methoxy groups -OCH3 is 1. The molecule has 2 aromatic carbocycles. The lowest BCUT2D eigenvalue weighted by Crippen LogP contribution is -2.13. The van der Waals surface area contributed by atoms with Gasteiger partial charge in [-0.1, -0.05) is 37.3 Å². The predicted molar refractivity (Wildman–Crippen MR) is 81.1 cm³/mol. The van der Waals surface area contributed by atoms with Crippen molar-refractivity contribution in [2.24, 2.45) is 0 Å². The molecule has 19 heavy (non-hydrogen) atoms. The van der Waals surface area contributed by atoms with Gasteiger partial charge in [-0.3, -0.25) is 0 Å². The Kier molecular flexibility index (Phi) is 4.53. The van der Waals surface area contributed by atoms with E-state index in [2.05, 4.69) is 0 Å². The Morgan fingerprint density at radius 2 is 1.53 bits per heavy atom.